The van der Waals surface area contributed by atoms with Gasteiger partial charge in [0, 0.05) is 13.1 Å². The van der Waals surface area contributed by atoms with Gasteiger partial charge in [0.15, 0.2) is 5.82 Å². The van der Waals surface area contributed by atoms with Crippen molar-refractivity contribution in [1.29, 1.82) is 0 Å². The Balaban J connectivity index is 1.88. The number of likely N-dealkylation sites (N-methyl/N-ethyl adjacent to an activating group) is 1. The number of benzene rings is 1. The van der Waals surface area contributed by atoms with Crippen molar-refractivity contribution in [2.75, 3.05) is 18.9 Å². The fourth-order valence-corrected chi connectivity index (χ4v) is 2.03. The summed E-state index contributed by atoms with van der Waals surface area (Å²) in [6.07, 6.45) is -4.53. The van der Waals surface area contributed by atoms with Crippen molar-refractivity contribution in [3.63, 3.8) is 0 Å². The molecule has 0 bridgehead atoms. The van der Waals surface area contributed by atoms with E-state index in [0.717, 1.165) is 12.1 Å². The first kappa shape index (κ1) is 18.5. The predicted molar refractivity (Wildman–Crippen MR) is 82.7 cm³/mol. The van der Waals surface area contributed by atoms with Crippen molar-refractivity contribution < 1.29 is 27.3 Å². The van der Waals surface area contributed by atoms with Crippen LogP contribution in [0.4, 0.5) is 19.0 Å². The molecule has 0 radical (unpaired) electrons. The molecule has 0 aliphatic rings. The molecule has 0 saturated carbocycles. The van der Waals surface area contributed by atoms with Crippen molar-refractivity contribution in [2.24, 2.45) is 0 Å². The van der Waals surface area contributed by atoms with E-state index in [1.807, 2.05) is 0 Å². The van der Waals surface area contributed by atoms with Gasteiger partial charge in [0.2, 0.25) is 11.8 Å². The first-order valence-electron chi connectivity index (χ1n) is 7.28. The number of hydrogen-bond acceptors (Lipinski definition) is 4. The van der Waals surface area contributed by atoms with Gasteiger partial charge in [-0.25, -0.2) is 0 Å². The minimum Gasteiger partial charge on any atom is -0.360 e. The molecule has 0 saturated heterocycles. The van der Waals surface area contributed by atoms with Crippen LogP contribution in [0.25, 0.3) is 0 Å². The van der Waals surface area contributed by atoms with Crippen molar-refractivity contribution in [3.8, 4) is 0 Å². The van der Waals surface area contributed by atoms with Gasteiger partial charge in [0.05, 0.1) is 18.5 Å². The summed E-state index contributed by atoms with van der Waals surface area (Å²) in [5, 5.41) is 6.08. The maximum absolute atomic E-state index is 12.5. The van der Waals surface area contributed by atoms with E-state index in [4.69, 9.17) is 4.52 Å². The molecule has 1 N–H and O–H groups in total. The highest BCUT2D eigenvalue weighted by atomic mass is 19.4. The normalized spacial score (nSPS) is 11.2. The van der Waals surface area contributed by atoms with E-state index in [2.05, 4.69) is 10.5 Å². The Morgan fingerprint density at radius 2 is 1.88 bits per heavy atom. The summed E-state index contributed by atoms with van der Waals surface area (Å²) >= 11 is 0. The zero-order chi connectivity index (χ0) is 18.6. The summed E-state index contributed by atoms with van der Waals surface area (Å²) in [7, 11) is 1.43. The molecule has 2 amide bonds. The summed E-state index contributed by atoms with van der Waals surface area (Å²) in [6, 6.07) is 5.85. The van der Waals surface area contributed by atoms with E-state index in [1.165, 1.54) is 30.1 Å². The molecular formula is C16H16F3N3O3. The topological polar surface area (TPSA) is 75.4 Å². The van der Waals surface area contributed by atoms with Crippen LogP contribution in [0.5, 0.6) is 0 Å². The van der Waals surface area contributed by atoms with Crippen LogP contribution in [0.1, 0.15) is 16.9 Å². The molecule has 0 atom stereocenters. The molecule has 134 valence electrons. The molecule has 1 aromatic heterocycles. The van der Waals surface area contributed by atoms with Gasteiger partial charge in [0.1, 0.15) is 5.76 Å². The number of hydrogen-bond donors (Lipinski definition) is 1. The number of nitrogens with zero attached hydrogens (tertiary/aromatic N) is 2. The summed E-state index contributed by atoms with van der Waals surface area (Å²) in [4.78, 5) is 25.1. The highest BCUT2D eigenvalue weighted by molar-refractivity contribution is 5.93. The third kappa shape index (κ3) is 5.33. The van der Waals surface area contributed by atoms with E-state index in [0.29, 0.717) is 11.3 Å². The third-order valence-electron chi connectivity index (χ3n) is 3.34. The maximum atomic E-state index is 12.5. The van der Waals surface area contributed by atoms with Gasteiger partial charge in [-0.2, -0.15) is 13.2 Å². The molecule has 0 fully saturated rings. The Labute approximate surface area is 141 Å². The second-order valence-corrected chi connectivity index (χ2v) is 5.49. The van der Waals surface area contributed by atoms with Crippen molar-refractivity contribution in [1.82, 2.24) is 10.1 Å². The van der Waals surface area contributed by atoms with Crippen LogP contribution in [0.2, 0.25) is 0 Å². The van der Waals surface area contributed by atoms with Crippen LogP contribution < -0.4 is 5.32 Å². The van der Waals surface area contributed by atoms with Crippen molar-refractivity contribution >= 4 is 17.6 Å². The number of rotatable bonds is 5. The molecule has 0 aliphatic heterocycles. The predicted octanol–water partition coefficient (Wildman–Crippen LogP) is 2.64. The molecule has 6 nitrogen and oxygen atoms in total. The second-order valence-electron chi connectivity index (χ2n) is 5.49. The minimum absolute atomic E-state index is 0.106. The number of aryl methyl sites for hydroxylation is 1. The number of nitrogens with one attached hydrogen (secondary N) is 1. The average molecular weight is 355 g/mol. The van der Waals surface area contributed by atoms with Gasteiger partial charge in [-0.3, -0.25) is 9.59 Å². The zero-order valence-corrected chi connectivity index (χ0v) is 13.6. The van der Waals surface area contributed by atoms with Crippen molar-refractivity contribution in [3.05, 3.63) is 47.2 Å². The smallest absolute Gasteiger partial charge is 0.360 e. The Hall–Kier alpha value is -2.84. The number of carbonyl (C=O) groups is 2. The average Bonchev–Trinajstić information content (AvgIpc) is 2.91. The van der Waals surface area contributed by atoms with E-state index in [1.54, 1.807) is 6.92 Å². The first-order valence-corrected chi connectivity index (χ1v) is 7.28. The lowest BCUT2D eigenvalue weighted by Crippen LogP contribution is -2.35. The minimum atomic E-state index is -4.42. The summed E-state index contributed by atoms with van der Waals surface area (Å²) in [6.45, 7) is 1.45. The lowest BCUT2D eigenvalue weighted by molar-refractivity contribution is -0.137. The highest BCUT2D eigenvalue weighted by Gasteiger charge is 2.30. The molecule has 25 heavy (non-hydrogen) atoms. The summed E-state index contributed by atoms with van der Waals surface area (Å²) in [5.74, 6) is -0.0871. The SMILES string of the molecule is Cc1cc(NC(=O)CN(C)C(=O)Cc2ccc(C(F)(F)F)cc2)no1. The van der Waals surface area contributed by atoms with E-state index in [-0.39, 0.29) is 18.8 Å². The van der Waals surface area contributed by atoms with Gasteiger partial charge in [-0.05, 0) is 24.6 Å². The van der Waals surface area contributed by atoms with Gasteiger partial charge in [0.25, 0.3) is 0 Å². The van der Waals surface area contributed by atoms with Crippen LogP contribution >= 0.6 is 0 Å². The Kier molecular flexibility index (Phi) is 5.45. The molecule has 1 heterocycles. The van der Waals surface area contributed by atoms with Crippen LogP contribution in [0, 0.1) is 6.92 Å². The molecule has 0 unspecified atom stereocenters. The zero-order valence-electron chi connectivity index (χ0n) is 13.6. The number of carbonyl (C=O) groups excluding carboxylic acids is 2. The van der Waals surface area contributed by atoms with Gasteiger partial charge < -0.3 is 14.7 Å². The Bertz CT molecular complexity index is 754. The second kappa shape index (κ2) is 7.37. The fraction of sp³-hybridized carbons (Fsp3) is 0.312. The monoisotopic (exact) mass is 355 g/mol. The quantitative estimate of drug-likeness (QED) is 0.895. The number of amides is 2. The molecule has 9 heteroatoms. The number of aromatic nitrogens is 1. The largest absolute Gasteiger partial charge is 0.416 e. The molecule has 2 rings (SSSR count). The Morgan fingerprint density at radius 1 is 1.24 bits per heavy atom. The van der Waals surface area contributed by atoms with E-state index < -0.39 is 23.6 Å². The number of alkyl halides is 3. The number of anilines is 1. The van der Waals surface area contributed by atoms with Crippen LogP contribution in [-0.4, -0.2) is 35.5 Å². The van der Waals surface area contributed by atoms with Crippen LogP contribution in [-0.2, 0) is 22.2 Å². The van der Waals surface area contributed by atoms with Crippen molar-refractivity contribution in [2.45, 2.75) is 19.5 Å². The summed E-state index contributed by atoms with van der Waals surface area (Å²) < 4.78 is 42.3. The first-order chi connectivity index (χ1) is 11.6. The maximum Gasteiger partial charge on any atom is 0.416 e. The van der Waals surface area contributed by atoms with Gasteiger partial charge in [-0.1, -0.05) is 17.3 Å². The van der Waals surface area contributed by atoms with Gasteiger partial charge >= 0.3 is 6.18 Å². The Morgan fingerprint density at radius 3 is 2.40 bits per heavy atom. The molecular weight excluding hydrogens is 339 g/mol. The number of halogens is 3. The highest BCUT2D eigenvalue weighted by Crippen LogP contribution is 2.29. The van der Waals surface area contributed by atoms with Crippen LogP contribution in [0.15, 0.2) is 34.9 Å². The van der Waals surface area contributed by atoms with E-state index in [9.17, 15) is 22.8 Å². The molecule has 2 aromatic rings. The molecule has 0 aliphatic carbocycles. The fourth-order valence-electron chi connectivity index (χ4n) is 2.03. The standard InChI is InChI=1S/C16H16F3N3O3/c1-10-7-13(21-25-10)20-14(23)9-22(2)15(24)8-11-3-5-12(6-4-11)16(17,18)19/h3-7H,8-9H2,1-2H3,(H,20,21,23). The summed E-state index contributed by atoms with van der Waals surface area (Å²) in [5.41, 5.74) is -0.350. The molecule has 1 aromatic carbocycles. The van der Waals surface area contributed by atoms with E-state index >= 15 is 0 Å². The third-order valence-corrected chi connectivity index (χ3v) is 3.34. The lowest BCUT2D eigenvalue weighted by atomic mass is 10.1. The van der Waals surface area contributed by atoms with Crippen LogP contribution in [0.3, 0.4) is 0 Å². The lowest BCUT2D eigenvalue weighted by Gasteiger charge is -2.16. The van der Waals surface area contributed by atoms with Gasteiger partial charge in [-0.15, -0.1) is 0 Å². The molecule has 0 spiro atoms.